The maximum atomic E-state index is 13.6. The zero-order chi connectivity index (χ0) is 22.8. The van der Waals surface area contributed by atoms with Gasteiger partial charge in [0.25, 0.3) is 11.8 Å². The maximum Gasteiger partial charge on any atom is 0.282 e. The Balaban J connectivity index is 1.82. The van der Waals surface area contributed by atoms with Crippen molar-refractivity contribution in [3.05, 3.63) is 106 Å². The van der Waals surface area contributed by atoms with Crippen LogP contribution in [0.5, 0.6) is 0 Å². The van der Waals surface area contributed by atoms with E-state index in [0.717, 1.165) is 22.3 Å². The van der Waals surface area contributed by atoms with Crippen molar-refractivity contribution < 1.29 is 9.59 Å². The van der Waals surface area contributed by atoms with Gasteiger partial charge in [-0.25, -0.2) is 4.90 Å². The minimum Gasteiger partial charge on any atom is -0.365 e. The smallest absolute Gasteiger partial charge is 0.282 e. The molecular formula is C27H23N3O2. The second-order valence-electron chi connectivity index (χ2n) is 7.99. The highest BCUT2D eigenvalue weighted by atomic mass is 16.2. The number of anilines is 1. The first-order valence-corrected chi connectivity index (χ1v) is 10.4. The van der Waals surface area contributed by atoms with Crippen molar-refractivity contribution in [1.29, 1.82) is 5.26 Å². The second kappa shape index (κ2) is 8.52. The van der Waals surface area contributed by atoms with Gasteiger partial charge in [-0.3, -0.25) is 9.59 Å². The Morgan fingerprint density at radius 1 is 0.906 bits per heavy atom. The number of likely N-dealkylation sites (N-methyl/N-ethyl adjacent to an activating group) is 1. The molecule has 3 aromatic carbocycles. The van der Waals surface area contributed by atoms with Crippen molar-refractivity contribution in [2.24, 2.45) is 0 Å². The first kappa shape index (κ1) is 21.1. The summed E-state index contributed by atoms with van der Waals surface area (Å²) in [4.78, 5) is 30.3. The van der Waals surface area contributed by atoms with Crippen LogP contribution in [0.1, 0.15) is 27.8 Å². The van der Waals surface area contributed by atoms with Crippen LogP contribution in [0, 0.1) is 25.2 Å². The standard InChI is InChI=1S/C27H23N3O2/c1-18-9-14-23(19(2)15-18)24-25(29(3)17-21-7-5-4-6-8-21)27(32)30(26(24)31)22-12-10-20(16-28)11-13-22/h4-15H,17H2,1-3H3. The van der Waals surface area contributed by atoms with E-state index < -0.39 is 0 Å². The molecule has 0 atom stereocenters. The van der Waals surface area contributed by atoms with Gasteiger partial charge >= 0.3 is 0 Å². The lowest BCUT2D eigenvalue weighted by Crippen LogP contribution is -2.34. The van der Waals surface area contributed by atoms with Gasteiger partial charge in [-0.05, 0) is 54.8 Å². The molecule has 1 aliphatic rings. The first-order chi connectivity index (χ1) is 15.4. The summed E-state index contributed by atoms with van der Waals surface area (Å²) in [6.45, 7) is 4.44. The highest BCUT2D eigenvalue weighted by Gasteiger charge is 2.42. The molecule has 0 N–H and O–H groups in total. The topological polar surface area (TPSA) is 64.4 Å². The van der Waals surface area contributed by atoms with Crippen LogP contribution < -0.4 is 4.90 Å². The molecule has 158 valence electrons. The molecular weight excluding hydrogens is 398 g/mol. The van der Waals surface area contributed by atoms with Crippen LogP contribution in [0.4, 0.5) is 5.69 Å². The van der Waals surface area contributed by atoms with E-state index in [0.29, 0.717) is 29.1 Å². The number of nitriles is 1. The van der Waals surface area contributed by atoms with E-state index in [-0.39, 0.29) is 11.8 Å². The lowest BCUT2D eigenvalue weighted by molar-refractivity contribution is -0.120. The number of carbonyl (C=O) groups excluding carboxylic acids is 2. The molecule has 5 nitrogen and oxygen atoms in total. The van der Waals surface area contributed by atoms with Crippen LogP contribution in [0.2, 0.25) is 0 Å². The van der Waals surface area contributed by atoms with Crippen LogP contribution in [0.25, 0.3) is 5.57 Å². The minimum absolute atomic E-state index is 0.360. The summed E-state index contributed by atoms with van der Waals surface area (Å²) in [5, 5.41) is 9.08. The Hall–Kier alpha value is -4.17. The molecule has 1 aliphatic heterocycles. The molecule has 0 aliphatic carbocycles. The van der Waals surface area contributed by atoms with E-state index in [4.69, 9.17) is 5.26 Å². The fraction of sp³-hybridized carbons (Fsp3) is 0.148. The quantitative estimate of drug-likeness (QED) is 0.565. The highest BCUT2D eigenvalue weighted by molar-refractivity contribution is 6.45. The van der Waals surface area contributed by atoms with Crippen molar-refractivity contribution in [2.45, 2.75) is 20.4 Å². The number of nitrogens with zero attached hydrogens (tertiary/aromatic N) is 3. The molecule has 4 rings (SSSR count). The zero-order valence-electron chi connectivity index (χ0n) is 18.3. The molecule has 5 heteroatoms. The van der Waals surface area contributed by atoms with Gasteiger partial charge in [0.15, 0.2) is 0 Å². The van der Waals surface area contributed by atoms with Gasteiger partial charge in [0, 0.05) is 13.6 Å². The van der Waals surface area contributed by atoms with Gasteiger partial charge in [-0.1, -0.05) is 54.1 Å². The lowest BCUT2D eigenvalue weighted by Gasteiger charge is -2.22. The molecule has 3 aromatic rings. The monoisotopic (exact) mass is 421 g/mol. The number of amides is 2. The zero-order valence-corrected chi connectivity index (χ0v) is 18.3. The van der Waals surface area contributed by atoms with E-state index in [9.17, 15) is 9.59 Å². The van der Waals surface area contributed by atoms with Gasteiger partial charge < -0.3 is 4.90 Å². The van der Waals surface area contributed by atoms with Crippen LogP contribution in [0.15, 0.2) is 78.5 Å². The summed E-state index contributed by atoms with van der Waals surface area (Å²) in [6, 6.07) is 24.3. The average Bonchev–Trinajstić information content (AvgIpc) is 3.04. The van der Waals surface area contributed by atoms with Gasteiger partial charge in [0.2, 0.25) is 0 Å². The number of aryl methyl sites for hydroxylation is 2. The molecule has 32 heavy (non-hydrogen) atoms. The third-order valence-corrected chi connectivity index (χ3v) is 5.61. The van der Waals surface area contributed by atoms with E-state index in [1.807, 2.05) is 74.3 Å². The number of benzene rings is 3. The van der Waals surface area contributed by atoms with Gasteiger partial charge in [0.1, 0.15) is 5.70 Å². The molecule has 1 heterocycles. The molecule has 0 saturated carbocycles. The average molecular weight is 422 g/mol. The Morgan fingerprint density at radius 3 is 2.22 bits per heavy atom. The number of carbonyl (C=O) groups is 2. The highest BCUT2D eigenvalue weighted by Crippen LogP contribution is 2.36. The Labute approximate surface area is 187 Å². The number of imide groups is 1. The summed E-state index contributed by atoms with van der Waals surface area (Å²) >= 11 is 0. The van der Waals surface area contributed by atoms with E-state index >= 15 is 0 Å². The molecule has 0 spiro atoms. The Bertz CT molecular complexity index is 1270. The fourth-order valence-corrected chi connectivity index (χ4v) is 4.07. The summed E-state index contributed by atoms with van der Waals surface area (Å²) < 4.78 is 0. The molecule has 0 radical (unpaired) electrons. The normalized spacial score (nSPS) is 13.5. The van der Waals surface area contributed by atoms with E-state index in [2.05, 4.69) is 6.07 Å². The Kier molecular flexibility index (Phi) is 5.61. The van der Waals surface area contributed by atoms with Gasteiger partial charge in [-0.15, -0.1) is 0 Å². The van der Waals surface area contributed by atoms with Crippen molar-refractivity contribution in [3.63, 3.8) is 0 Å². The SMILES string of the molecule is Cc1ccc(C2=C(N(C)Cc3ccccc3)C(=O)N(c3ccc(C#N)cc3)C2=O)c(C)c1. The molecule has 0 aromatic heterocycles. The summed E-state index contributed by atoms with van der Waals surface area (Å²) in [5.41, 5.74) is 5.51. The van der Waals surface area contributed by atoms with Gasteiger partial charge in [0.05, 0.1) is 22.9 Å². The summed E-state index contributed by atoms with van der Waals surface area (Å²) in [5.74, 6) is -0.727. The third-order valence-electron chi connectivity index (χ3n) is 5.61. The minimum atomic E-state index is -0.367. The van der Waals surface area contributed by atoms with Crippen LogP contribution in [0.3, 0.4) is 0 Å². The largest absolute Gasteiger partial charge is 0.365 e. The summed E-state index contributed by atoms with van der Waals surface area (Å²) in [6.07, 6.45) is 0. The molecule has 0 fully saturated rings. The fourth-order valence-electron chi connectivity index (χ4n) is 4.07. The predicted octanol–water partition coefficient (Wildman–Crippen LogP) is 4.59. The molecule has 0 saturated heterocycles. The van der Waals surface area contributed by atoms with Crippen LogP contribution >= 0.6 is 0 Å². The summed E-state index contributed by atoms with van der Waals surface area (Å²) in [7, 11) is 1.83. The van der Waals surface area contributed by atoms with Crippen molar-refractivity contribution in [3.8, 4) is 6.07 Å². The second-order valence-corrected chi connectivity index (χ2v) is 7.99. The number of rotatable bonds is 5. The van der Waals surface area contributed by atoms with Crippen molar-refractivity contribution >= 4 is 23.1 Å². The molecule has 0 bridgehead atoms. The molecule has 2 amide bonds. The van der Waals surface area contributed by atoms with E-state index in [1.54, 1.807) is 24.3 Å². The Morgan fingerprint density at radius 2 is 1.59 bits per heavy atom. The maximum absolute atomic E-state index is 13.6. The first-order valence-electron chi connectivity index (χ1n) is 10.4. The van der Waals surface area contributed by atoms with Crippen LogP contribution in [-0.2, 0) is 16.1 Å². The van der Waals surface area contributed by atoms with Crippen molar-refractivity contribution in [2.75, 3.05) is 11.9 Å². The van der Waals surface area contributed by atoms with Gasteiger partial charge in [-0.2, -0.15) is 5.26 Å². The third kappa shape index (κ3) is 3.79. The predicted molar refractivity (Wildman–Crippen MR) is 124 cm³/mol. The molecule has 0 unspecified atom stereocenters. The van der Waals surface area contributed by atoms with Crippen LogP contribution in [-0.4, -0.2) is 23.8 Å². The number of hydrogen-bond donors (Lipinski definition) is 0. The van der Waals surface area contributed by atoms with E-state index in [1.165, 1.54) is 4.90 Å². The lowest BCUT2D eigenvalue weighted by atomic mass is 9.97. The van der Waals surface area contributed by atoms with Crippen molar-refractivity contribution in [1.82, 2.24) is 4.90 Å². The number of hydrogen-bond acceptors (Lipinski definition) is 4.